The van der Waals surface area contributed by atoms with Gasteiger partial charge < -0.3 is 24.9 Å². The topological polar surface area (TPSA) is 114 Å². The van der Waals surface area contributed by atoms with E-state index in [0.717, 1.165) is 12.1 Å². The van der Waals surface area contributed by atoms with E-state index >= 15 is 0 Å². The van der Waals surface area contributed by atoms with Crippen molar-refractivity contribution in [2.75, 3.05) is 20.3 Å². The minimum Gasteiger partial charge on any atom is -0.475 e. The first kappa shape index (κ1) is 26.1. The highest BCUT2D eigenvalue weighted by Crippen LogP contribution is 2.32. The van der Waals surface area contributed by atoms with Crippen LogP contribution in [0, 0.1) is 0 Å². The van der Waals surface area contributed by atoms with Crippen molar-refractivity contribution in [1.82, 2.24) is 15.6 Å². The van der Waals surface area contributed by atoms with Gasteiger partial charge in [-0.05, 0) is 18.6 Å². The number of carboxylic acids is 1. The number of rotatable bonds is 5. The number of benzene rings is 1. The van der Waals surface area contributed by atoms with Gasteiger partial charge in [-0.15, -0.1) is 0 Å². The third-order valence-corrected chi connectivity index (χ3v) is 4.34. The fourth-order valence-corrected chi connectivity index (χ4v) is 2.87. The molecule has 2 heterocycles. The highest BCUT2D eigenvalue weighted by Gasteiger charge is 2.38. The number of carboxylic acid groups (broad SMARTS) is 1. The van der Waals surface area contributed by atoms with Crippen molar-refractivity contribution < 1.29 is 50.2 Å². The number of alkyl halides is 6. The minimum atomic E-state index is -5.08. The number of halogens is 6. The van der Waals surface area contributed by atoms with Gasteiger partial charge in [0, 0.05) is 31.3 Å². The third kappa shape index (κ3) is 7.75. The number of aromatic nitrogens is 1. The second kappa shape index (κ2) is 10.7. The molecule has 1 aliphatic heterocycles. The summed E-state index contributed by atoms with van der Waals surface area (Å²) in [5.41, 5.74) is -0.590. The fraction of sp³-hybridized carbons (Fsp3) is 0.421. The molecule has 2 atom stereocenters. The van der Waals surface area contributed by atoms with Crippen molar-refractivity contribution in [3.63, 3.8) is 0 Å². The van der Waals surface area contributed by atoms with Crippen LogP contribution < -0.4 is 10.6 Å². The Kier molecular flexibility index (Phi) is 8.44. The Balaban J connectivity index is 0.000000479. The lowest BCUT2D eigenvalue weighted by Gasteiger charge is -2.10. The number of hydrogen-bond donors (Lipinski definition) is 3. The lowest BCUT2D eigenvalue weighted by molar-refractivity contribution is -0.192. The number of hydrogen-bond acceptors (Lipinski definition) is 6. The highest BCUT2D eigenvalue weighted by atomic mass is 19.4. The van der Waals surface area contributed by atoms with E-state index in [4.69, 9.17) is 19.1 Å². The Bertz CT molecular complexity index is 960. The van der Waals surface area contributed by atoms with Crippen LogP contribution in [-0.4, -0.2) is 60.5 Å². The minimum absolute atomic E-state index is 0.0912. The summed E-state index contributed by atoms with van der Waals surface area (Å²) in [5.74, 6) is -3.35. The Hall–Kier alpha value is -3.13. The molecule has 0 unspecified atom stereocenters. The quantitative estimate of drug-likeness (QED) is 0.560. The van der Waals surface area contributed by atoms with E-state index in [2.05, 4.69) is 15.6 Å². The van der Waals surface area contributed by atoms with Crippen LogP contribution in [0.3, 0.4) is 0 Å². The zero-order valence-corrected chi connectivity index (χ0v) is 17.0. The first-order valence-electron chi connectivity index (χ1n) is 9.28. The molecule has 1 saturated heterocycles. The van der Waals surface area contributed by atoms with Crippen LogP contribution in [0.5, 0.6) is 0 Å². The summed E-state index contributed by atoms with van der Waals surface area (Å²) in [4.78, 5) is 25.0. The van der Waals surface area contributed by atoms with Gasteiger partial charge in [0.15, 0.2) is 5.76 Å². The zero-order valence-electron chi connectivity index (χ0n) is 17.0. The van der Waals surface area contributed by atoms with Crippen molar-refractivity contribution in [2.45, 2.75) is 30.9 Å². The maximum absolute atomic E-state index is 12.8. The Morgan fingerprint density at radius 1 is 1.27 bits per heavy atom. The van der Waals surface area contributed by atoms with Crippen LogP contribution >= 0.6 is 0 Å². The second-order valence-corrected chi connectivity index (χ2v) is 6.88. The molecule has 3 N–H and O–H groups in total. The molecule has 0 saturated carbocycles. The van der Waals surface area contributed by atoms with Crippen LogP contribution in [-0.2, 0) is 15.7 Å². The van der Waals surface area contributed by atoms with Crippen LogP contribution in [0.4, 0.5) is 26.3 Å². The molecule has 8 nitrogen and oxygen atoms in total. The Morgan fingerprint density at radius 2 is 1.94 bits per heavy atom. The summed E-state index contributed by atoms with van der Waals surface area (Å²) in [7, 11) is 1.61. The summed E-state index contributed by atoms with van der Waals surface area (Å²) >= 11 is 0. The predicted molar refractivity (Wildman–Crippen MR) is 100 cm³/mol. The number of oxazole rings is 1. The molecule has 0 aliphatic carbocycles. The average molecular weight is 483 g/mol. The van der Waals surface area contributed by atoms with E-state index in [9.17, 15) is 31.1 Å². The van der Waals surface area contributed by atoms with E-state index in [1.54, 1.807) is 7.11 Å². The van der Waals surface area contributed by atoms with Gasteiger partial charge in [0.1, 0.15) is 0 Å². The average Bonchev–Trinajstić information content (AvgIpc) is 3.37. The molecule has 0 spiro atoms. The number of aliphatic carboxylic acids is 1. The Labute approximate surface area is 182 Å². The molecule has 33 heavy (non-hydrogen) atoms. The van der Waals surface area contributed by atoms with Crippen molar-refractivity contribution in [3.8, 4) is 11.3 Å². The summed E-state index contributed by atoms with van der Waals surface area (Å²) < 4.78 is 80.6. The largest absolute Gasteiger partial charge is 0.490 e. The molecule has 3 rings (SSSR count). The van der Waals surface area contributed by atoms with E-state index in [0.29, 0.717) is 19.6 Å². The number of carbonyl (C=O) groups is 2. The van der Waals surface area contributed by atoms with Crippen LogP contribution in [0.15, 0.2) is 34.9 Å². The van der Waals surface area contributed by atoms with Crippen molar-refractivity contribution in [3.05, 3.63) is 41.9 Å². The normalized spacial score (nSPS) is 18.4. The molecule has 0 radical (unpaired) electrons. The van der Waals surface area contributed by atoms with Crippen LogP contribution in [0.1, 0.15) is 22.7 Å². The van der Waals surface area contributed by atoms with Crippen LogP contribution in [0.2, 0.25) is 0 Å². The zero-order chi connectivity index (χ0) is 24.8. The van der Waals surface area contributed by atoms with Gasteiger partial charge in [-0.2, -0.15) is 26.3 Å². The first-order valence-corrected chi connectivity index (χ1v) is 9.28. The highest BCUT2D eigenvalue weighted by molar-refractivity contribution is 5.90. The summed E-state index contributed by atoms with van der Waals surface area (Å²) in [6.45, 7) is 1.14. The maximum atomic E-state index is 12.8. The van der Waals surface area contributed by atoms with Gasteiger partial charge in [-0.25, -0.2) is 9.78 Å². The lowest BCUT2D eigenvalue weighted by Crippen LogP contribution is -2.36. The molecule has 14 heteroatoms. The number of carbonyl (C=O) groups excluding carboxylic acids is 1. The smallest absolute Gasteiger partial charge is 0.475 e. The molecular formula is C19H19F6N3O5. The fourth-order valence-electron chi connectivity index (χ4n) is 2.87. The number of amides is 1. The van der Waals surface area contributed by atoms with E-state index in [1.165, 1.54) is 18.3 Å². The number of nitrogens with zero attached hydrogens (tertiary/aromatic N) is 1. The van der Waals surface area contributed by atoms with Gasteiger partial charge in [-0.1, -0.05) is 12.1 Å². The summed E-state index contributed by atoms with van der Waals surface area (Å²) in [6, 6.07) is 4.74. The molecule has 1 fully saturated rings. The van der Waals surface area contributed by atoms with Crippen LogP contribution in [0.25, 0.3) is 11.3 Å². The van der Waals surface area contributed by atoms with Gasteiger partial charge in [0.2, 0.25) is 0 Å². The molecule has 182 valence electrons. The van der Waals surface area contributed by atoms with E-state index in [-0.39, 0.29) is 29.3 Å². The second-order valence-electron chi connectivity index (χ2n) is 6.88. The Morgan fingerprint density at radius 3 is 2.52 bits per heavy atom. The third-order valence-electron chi connectivity index (χ3n) is 4.34. The molecule has 1 amide bonds. The maximum Gasteiger partial charge on any atom is 0.490 e. The molecular weight excluding hydrogens is 464 g/mol. The molecule has 1 aliphatic rings. The SMILES string of the molecule is COC[C@@H]1C[C@@H](NC(=O)c2ncc(-c3cccc(C(F)(F)F)c3)o2)CN1.O=C(O)C(F)(F)F. The van der Waals surface area contributed by atoms with Crippen molar-refractivity contribution in [2.24, 2.45) is 0 Å². The molecule has 1 aromatic carbocycles. The number of nitrogens with one attached hydrogen (secondary N) is 2. The standard InChI is InChI=1S/C17H18F3N3O3.C2HF3O2/c1-25-9-13-6-12(7-21-13)23-15(24)16-22-8-14(26-16)10-3-2-4-11(5-10)17(18,19)20;3-2(4,5)1(6)7/h2-5,8,12-13,21H,6-7,9H2,1H3,(H,23,24);(H,6,7)/t12-,13+;/m1./s1. The lowest BCUT2D eigenvalue weighted by atomic mass is 10.1. The number of ether oxygens (including phenoxy) is 1. The monoisotopic (exact) mass is 483 g/mol. The van der Waals surface area contributed by atoms with Gasteiger partial charge >= 0.3 is 24.2 Å². The molecule has 2 aromatic rings. The van der Waals surface area contributed by atoms with E-state index < -0.39 is 29.8 Å². The van der Waals surface area contributed by atoms with Gasteiger partial charge in [-0.3, -0.25) is 4.79 Å². The predicted octanol–water partition coefficient (Wildman–Crippen LogP) is 3.10. The van der Waals surface area contributed by atoms with Crippen molar-refractivity contribution >= 4 is 11.9 Å². The first-order chi connectivity index (χ1) is 15.3. The van der Waals surface area contributed by atoms with E-state index in [1.807, 2.05) is 0 Å². The molecule has 1 aromatic heterocycles. The summed E-state index contributed by atoms with van der Waals surface area (Å²) in [5, 5.41) is 13.1. The van der Waals surface area contributed by atoms with Gasteiger partial charge in [0.05, 0.1) is 18.4 Å². The number of methoxy groups -OCH3 is 1. The summed E-state index contributed by atoms with van der Waals surface area (Å²) in [6.07, 6.45) is -7.59. The molecule has 0 bridgehead atoms. The van der Waals surface area contributed by atoms with Crippen molar-refractivity contribution in [1.29, 1.82) is 0 Å². The van der Waals surface area contributed by atoms with Gasteiger partial charge in [0.25, 0.3) is 5.89 Å².